The van der Waals surface area contributed by atoms with Gasteiger partial charge in [0.25, 0.3) is 0 Å². The van der Waals surface area contributed by atoms with Gasteiger partial charge in [0.1, 0.15) is 18.2 Å². The molecule has 2 heterocycles. The van der Waals surface area contributed by atoms with Crippen LogP contribution in [0.25, 0.3) is 11.0 Å². The monoisotopic (exact) mass is 453 g/mol. The predicted molar refractivity (Wildman–Crippen MR) is 135 cm³/mol. The number of carbonyl (C=O) groups is 1. The fourth-order valence-electron chi connectivity index (χ4n) is 4.75. The second kappa shape index (κ2) is 9.72. The standard InChI is InChI=1S/C29H31N3O2/c1-21(2)23-12-14-25(15-13-23)34-17-16-32-27-11-7-6-10-26(27)30-29(32)24-18-28(33)31(20-24)19-22-8-4-3-5-9-22/h3-15,21,24H,16-20H2,1-2H3. The fourth-order valence-corrected chi connectivity index (χ4v) is 4.75. The van der Waals surface area contributed by atoms with Crippen LogP contribution in [0.3, 0.4) is 0 Å². The predicted octanol–water partition coefficient (Wildman–Crippen LogP) is 5.75. The summed E-state index contributed by atoms with van der Waals surface area (Å²) in [7, 11) is 0. The summed E-state index contributed by atoms with van der Waals surface area (Å²) < 4.78 is 8.31. The smallest absolute Gasteiger partial charge is 0.223 e. The summed E-state index contributed by atoms with van der Waals surface area (Å²) >= 11 is 0. The molecule has 0 radical (unpaired) electrons. The van der Waals surface area contributed by atoms with Crippen LogP contribution in [-0.4, -0.2) is 33.5 Å². The van der Waals surface area contributed by atoms with E-state index in [1.807, 2.05) is 53.4 Å². The lowest BCUT2D eigenvalue weighted by Crippen LogP contribution is -2.24. The van der Waals surface area contributed by atoms with Gasteiger partial charge in [0, 0.05) is 25.4 Å². The van der Waals surface area contributed by atoms with Crippen molar-refractivity contribution < 1.29 is 9.53 Å². The highest BCUT2D eigenvalue weighted by Crippen LogP contribution is 2.31. The van der Waals surface area contributed by atoms with Crippen LogP contribution in [0.15, 0.2) is 78.9 Å². The van der Waals surface area contributed by atoms with E-state index in [9.17, 15) is 4.79 Å². The highest BCUT2D eigenvalue weighted by Gasteiger charge is 2.34. The number of hydrogen-bond donors (Lipinski definition) is 0. The molecule has 174 valence electrons. The third-order valence-electron chi connectivity index (χ3n) is 6.61. The van der Waals surface area contributed by atoms with Crippen LogP contribution >= 0.6 is 0 Å². The van der Waals surface area contributed by atoms with Crippen molar-refractivity contribution in [1.82, 2.24) is 14.5 Å². The molecule has 34 heavy (non-hydrogen) atoms. The first-order valence-electron chi connectivity index (χ1n) is 12.1. The van der Waals surface area contributed by atoms with E-state index in [1.165, 1.54) is 5.56 Å². The van der Waals surface area contributed by atoms with Gasteiger partial charge in [-0.2, -0.15) is 0 Å². The molecule has 1 aliphatic heterocycles. The molecule has 4 aromatic rings. The highest BCUT2D eigenvalue weighted by atomic mass is 16.5. The van der Waals surface area contributed by atoms with E-state index in [2.05, 4.69) is 48.7 Å². The minimum absolute atomic E-state index is 0.0777. The first-order chi connectivity index (χ1) is 16.6. The number of benzene rings is 3. The molecule has 5 rings (SSSR count). The van der Waals surface area contributed by atoms with Gasteiger partial charge in [-0.25, -0.2) is 4.98 Å². The molecule has 0 bridgehead atoms. The van der Waals surface area contributed by atoms with E-state index in [4.69, 9.17) is 9.72 Å². The maximum Gasteiger partial charge on any atom is 0.223 e. The van der Waals surface area contributed by atoms with Crippen LogP contribution in [-0.2, 0) is 17.9 Å². The van der Waals surface area contributed by atoms with Crippen molar-refractivity contribution in [3.05, 3.63) is 95.8 Å². The highest BCUT2D eigenvalue weighted by molar-refractivity contribution is 5.81. The Morgan fingerprint density at radius 3 is 2.47 bits per heavy atom. The van der Waals surface area contributed by atoms with Crippen molar-refractivity contribution in [2.24, 2.45) is 0 Å². The molecule has 5 nitrogen and oxygen atoms in total. The normalized spacial score (nSPS) is 16.0. The number of nitrogens with zero attached hydrogens (tertiary/aromatic N) is 3. The number of ether oxygens (including phenoxy) is 1. The Morgan fingerprint density at radius 2 is 1.71 bits per heavy atom. The Labute approximate surface area is 201 Å². The zero-order valence-electron chi connectivity index (χ0n) is 19.9. The number of aromatic nitrogens is 2. The summed E-state index contributed by atoms with van der Waals surface area (Å²) in [6.07, 6.45) is 0.494. The Hall–Kier alpha value is -3.60. The second-order valence-electron chi connectivity index (χ2n) is 9.34. The average molecular weight is 454 g/mol. The summed E-state index contributed by atoms with van der Waals surface area (Å²) in [5, 5.41) is 0. The molecule has 0 N–H and O–H groups in total. The van der Waals surface area contributed by atoms with E-state index >= 15 is 0 Å². The molecule has 1 amide bonds. The third kappa shape index (κ3) is 4.69. The van der Waals surface area contributed by atoms with Gasteiger partial charge in [-0.15, -0.1) is 0 Å². The fraction of sp³-hybridized carbons (Fsp3) is 0.310. The van der Waals surface area contributed by atoms with E-state index in [0.717, 1.165) is 28.2 Å². The minimum Gasteiger partial charge on any atom is -0.492 e. The first kappa shape index (κ1) is 22.2. The number of carbonyl (C=O) groups excluding carboxylic acids is 1. The number of amides is 1. The number of likely N-dealkylation sites (tertiary alicyclic amines) is 1. The van der Waals surface area contributed by atoms with Crippen LogP contribution in [0.1, 0.15) is 49.1 Å². The summed E-state index contributed by atoms with van der Waals surface area (Å²) in [5.74, 6) is 2.62. The van der Waals surface area contributed by atoms with Crippen LogP contribution in [0, 0.1) is 0 Å². The molecule has 3 aromatic carbocycles. The van der Waals surface area contributed by atoms with E-state index in [0.29, 0.717) is 38.6 Å². The lowest BCUT2D eigenvalue weighted by atomic mass is 10.0. The number of rotatable bonds is 8. The van der Waals surface area contributed by atoms with Gasteiger partial charge in [0.15, 0.2) is 0 Å². The first-order valence-corrected chi connectivity index (χ1v) is 12.1. The number of imidazole rings is 1. The Kier molecular flexibility index (Phi) is 6.35. The molecule has 1 aromatic heterocycles. The zero-order chi connectivity index (χ0) is 23.5. The van der Waals surface area contributed by atoms with Gasteiger partial charge >= 0.3 is 0 Å². The lowest BCUT2D eigenvalue weighted by molar-refractivity contribution is -0.128. The maximum absolute atomic E-state index is 12.8. The summed E-state index contributed by atoms with van der Waals surface area (Å²) in [5.41, 5.74) is 4.51. The quantitative estimate of drug-likeness (QED) is 0.341. The van der Waals surface area contributed by atoms with Crippen molar-refractivity contribution in [3.63, 3.8) is 0 Å². The van der Waals surface area contributed by atoms with Gasteiger partial charge in [0.2, 0.25) is 5.91 Å². The molecule has 0 saturated carbocycles. The Balaban J connectivity index is 1.32. The molecular weight excluding hydrogens is 422 g/mol. The number of fused-ring (bicyclic) bond motifs is 1. The van der Waals surface area contributed by atoms with E-state index in [-0.39, 0.29) is 11.8 Å². The second-order valence-corrected chi connectivity index (χ2v) is 9.34. The van der Waals surface area contributed by atoms with Crippen molar-refractivity contribution >= 4 is 16.9 Å². The lowest BCUT2D eigenvalue weighted by Gasteiger charge is -2.17. The molecule has 5 heteroatoms. The largest absolute Gasteiger partial charge is 0.492 e. The van der Waals surface area contributed by atoms with Crippen LogP contribution in [0.4, 0.5) is 0 Å². The van der Waals surface area contributed by atoms with Gasteiger partial charge in [-0.05, 0) is 41.3 Å². The zero-order valence-corrected chi connectivity index (χ0v) is 19.9. The SMILES string of the molecule is CC(C)c1ccc(OCCn2c(C3CC(=O)N(Cc4ccccc4)C3)nc3ccccc32)cc1. The molecule has 1 aliphatic rings. The van der Waals surface area contributed by atoms with Crippen LogP contribution in [0.2, 0.25) is 0 Å². The molecular formula is C29H31N3O2. The van der Waals surface area contributed by atoms with Crippen molar-refractivity contribution in [2.75, 3.05) is 13.2 Å². The van der Waals surface area contributed by atoms with Gasteiger partial charge in [-0.1, -0.05) is 68.4 Å². The van der Waals surface area contributed by atoms with Crippen molar-refractivity contribution in [1.29, 1.82) is 0 Å². The summed E-state index contributed by atoms with van der Waals surface area (Å²) in [6, 6.07) is 26.7. The summed E-state index contributed by atoms with van der Waals surface area (Å²) in [6.45, 7) is 6.95. The Morgan fingerprint density at radius 1 is 0.971 bits per heavy atom. The molecule has 1 unspecified atom stereocenters. The van der Waals surface area contributed by atoms with Crippen LogP contribution < -0.4 is 4.74 Å². The van der Waals surface area contributed by atoms with Crippen LogP contribution in [0.5, 0.6) is 5.75 Å². The Bertz CT molecular complexity index is 1260. The van der Waals surface area contributed by atoms with Gasteiger partial charge in [-0.3, -0.25) is 4.79 Å². The number of para-hydroxylation sites is 2. The van der Waals surface area contributed by atoms with Gasteiger partial charge < -0.3 is 14.2 Å². The molecule has 0 aliphatic carbocycles. The maximum atomic E-state index is 12.8. The molecule has 1 fully saturated rings. The van der Waals surface area contributed by atoms with E-state index in [1.54, 1.807) is 0 Å². The van der Waals surface area contributed by atoms with Crippen molar-refractivity contribution in [2.45, 2.75) is 45.2 Å². The molecule has 1 saturated heterocycles. The third-order valence-corrected chi connectivity index (χ3v) is 6.61. The topological polar surface area (TPSA) is 47.4 Å². The van der Waals surface area contributed by atoms with Crippen molar-refractivity contribution in [3.8, 4) is 5.75 Å². The minimum atomic E-state index is 0.0777. The van der Waals surface area contributed by atoms with Gasteiger partial charge in [0.05, 0.1) is 17.6 Å². The van der Waals surface area contributed by atoms with E-state index < -0.39 is 0 Å². The average Bonchev–Trinajstić information content (AvgIpc) is 3.40. The summed E-state index contributed by atoms with van der Waals surface area (Å²) in [4.78, 5) is 19.7. The molecule has 1 atom stereocenters. The number of hydrogen-bond acceptors (Lipinski definition) is 3. The molecule has 0 spiro atoms.